The fourth-order valence-corrected chi connectivity index (χ4v) is 2.62. The molecule has 7 heteroatoms. The van der Waals surface area contributed by atoms with E-state index in [-0.39, 0.29) is 5.92 Å². The van der Waals surface area contributed by atoms with E-state index in [1.54, 1.807) is 27.7 Å². The lowest BCUT2D eigenvalue weighted by Crippen LogP contribution is -2.40. The molecule has 0 aliphatic rings. The minimum Gasteiger partial charge on any atom is -0.481 e. The van der Waals surface area contributed by atoms with Crippen molar-refractivity contribution in [2.24, 2.45) is 11.7 Å². The monoisotopic (exact) mass is 295 g/mol. The molecule has 3 N–H and O–H groups in total. The van der Waals surface area contributed by atoms with Gasteiger partial charge in [-0.2, -0.15) is 4.98 Å². The third-order valence-corrected chi connectivity index (χ3v) is 3.61. The van der Waals surface area contributed by atoms with Crippen molar-refractivity contribution in [1.29, 1.82) is 0 Å². The predicted molar refractivity (Wildman–Crippen MR) is 77.1 cm³/mol. The molecular formula is C14H21N3O4. The third-order valence-electron chi connectivity index (χ3n) is 3.61. The molecule has 0 aromatic carbocycles. The number of carbonyl (C=O) groups is 2. The van der Waals surface area contributed by atoms with E-state index in [1.165, 1.54) is 11.5 Å². The summed E-state index contributed by atoms with van der Waals surface area (Å²) in [6.07, 6.45) is 0. The topological polar surface area (TPSA) is 115 Å². The minimum atomic E-state index is -1.02. The molecule has 0 radical (unpaired) electrons. The van der Waals surface area contributed by atoms with Gasteiger partial charge in [0.1, 0.15) is 6.04 Å². The van der Waals surface area contributed by atoms with Crippen LogP contribution in [0.4, 0.5) is 0 Å². The Morgan fingerprint density at radius 2 is 1.76 bits per heavy atom. The lowest BCUT2D eigenvalue weighted by Gasteiger charge is -2.25. The fourth-order valence-electron chi connectivity index (χ4n) is 2.62. The highest BCUT2D eigenvalue weighted by Gasteiger charge is 2.29. The van der Waals surface area contributed by atoms with E-state index in [4.69, 9.17) is 5.73 Å². The van der Waals surface area contributed by atoms with Crippen molar-refractivity contribution in [3.05, 3.63) is 27.4 Å². The Balaban J connectivity index is 3.69. The fraction of sp³-hybridized carbons (Fsp3) is 0.571. The summed E-state index contributed by atoms with van der Waals surface area (Å²) in [6.45, 7) is 8.25. The largest absolute Gasteiger partial charge is 0.481 e. The highest BCUT2D eigenvalue weighted by atomic mass is 16.4. The number of nitrogens with zero attached hydrogens (tertiary/aromatic N) is 2. The molecule has 0 aliphatic carbocycles. The second kappa shape index (κ2) is 6.07. The van der Waals surface area contributed by atoms with Crippen molar-refractivity contribution in [3.63, 3.8) is 0 Å². The number of carboxylic acid groups (broad SMARTS) is 1. The first-order valence-electron chi connectivity index (χ1n) is 6.71. The summed E-state index contributed by atoms with van der Waals surface area (Å²) in [4.78, 5) is 38.9. The quantitative estimate of drug-likeness (QED) is 0.830. The van der Waals surface area contributed by atoms with Crippen LogP contribution in [0.5, 0.6) is 0 Å². The zero-order valence-electron chi connectivity index (χ0n) is 12.9. The first-order chi connectivity index (χ1) is 9.59. The Morgan fingerprint density at radius 1 is 1.24 bits per heavy atom. The summed E-state index contributed by atoms with van der Waals surface area (Å²) in [5, 5.41) is 9.19. The van der Waals surface area contributed by atoms with Crippen LogP contribution >= 0.6 is 0 Å². The Hall–Kier alpha value is -2.18. The van der Waals surface area contributed by atoms with E-state index < -0.39 is 29.5 Å². The molecule has 21 heavy (non-hydrogen) atoms. The lowest BCUT2D eigenvalue weighted by atomic mass is 9.96. The Morgan fingerprint density at radius 3 is 2.14 bits per heavy atom. The Kier molecular flexibility index (Phi) is 4.88. The number of amides is 1. The second-order valence-corrected chi connectivity index (χ2v) is 5.50. The van der Waals surface area contributed by atoms with Crippen LogP contribution in [0.1, 0.15) is 49.7 Å². The number of carboxylic acids is 1. The van der Waals surface area contributed by atoms with Gasteiger partial charge in [-0.3, -0.25) is 14.2 Å². The van der Waals surface area contributed by atoms with Crippen molar-refractivity contribution < 1.29 is 14.7 Å². The van der Waals surface area contributed by atoms with E-state index >= 15 is 0 Å². The zero-order chi connectivity index (χ0) is 16.5. The zero-order valence-corrected chi connectivity index (χ0v) is 12.9. The maximum atomic E-state index is 12.2. The normalized spacial score (nSPS) is 14.0. The number of aliphatic carboxylic acids is 1. The van der Waals surface area contributed by atoms with Gasteiger partial charge in [0.2, 0.25) is 5.91 Å². The molecule has 7 nitrogen and oxygen atoms in total. The van der Waals surface area contributed by atoms with Crippen LogP contribution in [0.15, 0.2) is 4.79 Å². The van der Waals surface area contributed by atoms with Crippen LogP contribution in [0.25, 0.3) is 0 Å². The van der Waals surface area contributed by atoms with Crippen molar-refractivity contribution in [2.45, 2.75) is 46.6 Å². The SMILES string of the molecule is Cc1nc(=O)n(C(C(N)=O)C(C)C)c(C)c1C(C)C(=O)O. The number of hydrogen-bond donors (Lipinski definition) is 2. The summed E-state index contributed by atoms with van der Waals surface area (Å²) in [5.41, 5.74) is 6.01. The van der Waals surface area contributed by atoms with E-state index in [2.05, 4.69) is 4.98 Å². The summed E-state index contributed by atoms with van der Waals surface area (Å²) in [7, 11) is 0. The van der Waals surface area contributed by atoms with Gasteiger partial charge >= 0.3 is 11.7 Å². The molecule has 2 atom stereocenters. The smallest absolute Gasteiger partial charge is 0.348 e. The molecule has 0 bridgehead atoms. The van der Waals surface area contributed by atoms with Gasteiger partial charge in [0.05, 0.1) is 5.92 Å². The van der Waals surface area contributed by atoms with E-state index in [9.17, 15) is 19.5 Å². The van der Waals surface area contributed by atoms with E-state index in [0.717, 1.165) is 0 Å². The molecule has 2 unspecified atom stereocenters. The van der Waals surface area contributed by atoms with Gasteiger partial charge < -0.3 is 10.8 Å². The molecule has 1 aromatic heterocycles. The van der Waals surface area contributed by atoms with Crippen molar-refractivity contribution in [1.82, 2.24) is 9.55 Å². The third kappa shape index (κ3) is 3.12. The maximum Gasteiger partial charge on any atom is 0.348 e. The number of nitrogens with two attached hydrogens (primary N) is 1. The van der Waals surface area contributed by atoms with Crippen LogP contribution < -0.4 is 11.4 Å². The number of aromatic nitrogens is 2. The van der Waals surface area contributed by atoms with Crippen LogP contribution in [0.3, 0.4) is 0 Å². The average Bonchev–Trinajstić information content (AvgIpc) is 2.32. The highest BCUT2D eigenvalue weighted by molar-refractivity contribution is 5.79. The molecule has 1 heterocycles. The highest BCUT2D eigenvalue weighted by Crippen LogP contribution is 2.25. The first-order valence-corrected chi connectivity index (χ1v) is 6.71. The molecule has 0 saturated carbocycles. The van der Waals surface area contributed by atoms with Crippen molar-refractivity contribution in [3.8, 4) is 0 Å². The molecule has 0 saturated heterocycles. The van der Waals surface area contributed by atoms with Crippen LogP contribution in [0.2, 0.25) is 0 Å². The molecule has 0 fully saturated rings. The minimum absolute atomic E-state index is 0.212. The molecule has 0 spiro atoms. The van der Waals surface area contributed by atoms with Gasteiger partial charge in [0.15, 0.2) is 0 Å². The molecule has 1 rings (SSSR count). The maximum absolute atomic E-state index is 12.2. The standard InChI is InChI=1S/C14H21N3O4/c1-6(2)11(12(15)18)17-9(5)10(7(3)13(19)20)8(4)16-14(17)21/h6-7,11H,1-5H3,(H2,15,18)(H,19,20). The summed E-state index contributed by atoms with van der Waals surface area (Å²) < 4.78 is 1.20. The summed E-state index contributed by atoms with van der Waals surface area (Å²) in [5.74, 6) is -2.70. The molecule has 0 aliphatic heterocycles. The van der Waals surface area contributed by atoms with Crippen LogP contribution in [0, 0.1) is 19.8 Å². The molecule has 1 amide bonds. The van der Waals surface area contributed by atoms with E-state index in [0.29, 0.717) is 17.0 Å². The number of carbonyl (C=O) groups excluding carboxylic acids is 1. The molecule has 116 valence electrons. The van der Waals surface area contributed by atoms with Gasteiger partial charge in [0.25, 0.3) is 0 Å². The van der Waals surface area contributed by atoms with Crippen LogP contribution in [-0.2, 0) is 9.59 Å². The van der Waals surface area contributed by atoms with Crippen molar-refractivity contribution >= 4 is 11.9 Å². The van der Waals surface area contributed by atoms with Gasteiger partial charge in [-0.15, -0.1) is 0 Å². The predicted octanol–water partition coefficient (Wildman–Crippen LogP) is 0.731. The van der Waals surface area contributed by atoms with Crippen molar-refractivity contribution in [2.75, 3.05) is 0 Å². The van der Waals surface area contributed by atoms with Crippen LogP contribution in [-0.4, -0.2) is 26.5 Å². The number of aryl methyl sites for hydroxylation is 1. The average molecular weight is 295 g/mol. The molecular weight excluding hydrogens is 274 g/mol. The lowest BCUT2D eigenvalue weighted by molar-refractivity contribution is -0.138. The van der Waals surface area contributed by atoms with Gasteiger partial charge in [-0.05, 0) is 26.7 Å². The van der Waals surface area contributed by atoms with Gasteiger partial charge in [0, 0.05) is 17.0 Å². The molecule has 1 aromatic rings. The summed E-state index contributed by atoms with van der Waals surface area (Å²) in [6, 6.07) is -0.856. The Labute approximate surface area is 122 Å². The van der Waals surface area contributed by atoms with E-state index in [1.807, 2.05) is 0 Å². The summed E-state index contributed by atoms with van der Waals surface area (Å²) >= 11 is 0. The number of rotatable bonds is 5. The number of primary amides is 1. The number of hydrogen-bond acceptors (Lipinski definition) is 4. The first kappa shape index (κ1) is 16.9. The van der Waals surface area contributed by atoms with Gasteiger partial charge in [-0.1, -0.05) is 13.8 Å². The van der Waals surface area contributed by atoms with Gasteiger partial charge in [-0.25, -0.2) is 4.79 Å². The Bertz CT molecular complexity index is 634. The second-order valence-electron chi connectivity index (χ2n) is 5.50.